The van der Waals surface area contributed by atoms with Crippen LogP contribution in [-0.2, 0) is 0 Å². The van der Waals surface area contributed by atoms with Gasteiger partial charge < -0.3 is 5.73 Å². The van der Waals surface area contributed by atoms with Gasteiger partial charge in [-0.2, -0.15) is 0 Å². The fraction of sp³-hybridized carbons (Fsp3) is 0.308. The summed E-state index contributed by atoms with van der Waals surface area (Å²) in [5.41, 5.74) is 7.29. The Balaban J connectivity index is 2.50. The van der Waals surface area contributed by atoms with Gasteiger partial charge in [-0.15, -0.1) is 0 Å². The van der Waals surface area contributed by atoms with Crippen LogP contribution in [0.2, 0.25) is 0 Å². The highest BCUT2D eigenvalue weighted by atomic mass is 14.7. The Morgan fingerprint density at radius 3 is 2.87 bits per heavy atom. The minimum absolute atomic E-state index is 0.105. The molecule has 0 saturated heterocycles. The van der Waals surface area contributed by atoms with E-state index >= 15 is 0 Å². The van der Waals surface area contributed by atoms with Gasteiger partial charge in [0, 0.05) is 23.8 Å². The molecule has 2 nitrogen and oxygen atoms in total. The molecule has 1 aromatic carbocycles. The van der Waals surface area contributed by atoms with Gasteiger partial charge in [-0.25, -0.2) is 0 Å². The van der Waals surface area contributed by atoms with Crippen LogP contribution < -0.4 is 5.73 Å². The van der Waals surface area contributed by atoms with Crippen molar-refractivity contribution in [1.29, 1.82) is 0 Å². The molecule has 78 valence electrons. The number of nitrogens with zero attached hydrogens (tertiary/aromatic N) is 1. The Morgan fingerprint density at radius 2 is 2.07 bits per heavy atom. The van der Waals surface area contributed by atoms with E-state index in [0.717, 1.165) is 18.4 Å². The molecule has 0 bridgehead atoms. The van der Waals surface area contributed by atoms with E-state index in [-0.39, 0.29) is 6.04 Å². The third kappa shape index (κ3) is 2.00. The lowest BCUT2D eigenvalue weighted by Gasteiger charge is -2.12. The van der Waals surface area contributed by atoms with E-state index in [1.807, 2.05) is 24.5 Å². The monoisotopic (exact) mass is 200 g/mol. The highest BCUT2D eigenvalue weighted by Crippen LogP contribution is 2.23. The topological polar surface area (TPSA) is 38.9 Å². The Kier molecular flexibility index (Phi) is 2.97. The maximum atomic E-state index is 6.13. The number of nitrogens with two attached hydrogens (primary N) is 1. The summed E-state index contributed by atoms with van der Waals surface area (Å²) in [4.78, 5) is 4.24. The van der Waals surface area contributed by atoms with Crippen LogP contribution in [-0.4, -0.2) is 4.98 Å². The minimum atomic E-state index is 0.105. The summed E-state index contributed by atoms with van der Waals surface area (Å²) in [5.74, 6) is 0. The molecular weight excluding hydrogens is 184 g/mol. The fourth-order valence-corrected chi connectivity index (χ4v) is 1.90. The molecule has 2 heteroatoms. The molecule has 0 fully saturated rings. The molecule has 1 unspecified atom stereocenters. The van der Waals surface area contributed by atoms with Gasteiger partial charge in [-0.1, -0.05) is 37.6 Å². The van der Waals surface area contributed by atoms with E-state index in [1.54, 1.807) is 0 Å². The smallest absolute Gasteiger partial charge is 0.0346 e. The molecule has 0 aliphatic rings. The number of benzene rings is 1. The van der Waals surface area contributed by atoms with E-state index in [4.69, 9.17) is 5.73 Å². The summed E-state index contributed by atoms with van der Waals surface area (Å²) in [5, 5.41) is 2.40. The first-order chi connectivity index (χ1) is 7.33. The van der Waals surface area contributed by atoms with Crippen molar-refractivity contribution in [3.8, 4) is 0 Å². The second-order valence-corrected chi connectivity index (χ2v) is 3.85. The summed E-state index contributed by atoms with van der Waals surface area (Å²) in [6.45, 7) is 2.15. The fourth-order valence-electron chi connectivity index (χ4n) is 1.90. The standard InChI is InChI=1S/C13H16N2/c1-2-5-13(14)12-9-15-8-10-6-3-4-7-11(10)12/h3-4,6-9,13H,2,5,14H2,1H3. The quantitative estimate of drug-likeness (QED) is 0.827. The second-order valence-electron chi connectivity index (χ2n) is 3.85. The Hall–Kier alpha value is -1.41. The van der Waals surface area contributed by atoms with Crippen molar-refractivity contribution in [3.63, 3.8) is 0 Å². The summed E-state index contributed by atoms with van der Waals surface area (Å²) < 4.78 is 0. The number of hydrogen-bond donors (Lipinski definition) is 1. The van der Waals surface area contributed by atoms with Crippen LogP contribution >= 0.6 is 0 Å². The van der Waals surface area contributed by atoms with E-state index in [0.29, 0.717) is 0 Å². The van der Waals surface area contributed by atoms with E-state index in [9.17, 15) is 0 Å². The molecule has 0 aliphatic carbocycles. The molecule has 1 heterocycles. The molecule has 0 amide bonds. The number of pyridine rings is 1. The number of fused-ring (bicyclic) bond motifs is 1. The van der Waals surface area contributed by atoms with Crippen LogP contribution in [0, 0.1) is 0 Å². The van der Waals surface area contributed by atoms with Gasteiger partial charge in [0.15, 0.2) is 0 Å². The van der Waals surface area contributed by atoms with Crippen molar-refractivity contribution < 1.29 is 0 Å². The lowest BCUT2D eigenvalue weighted by atomic mass is 9.99. The van der Waals surface area contributed by atoms with Crippen molar-refractivity contribution in [1.82, 2.24) is 4.98 Å². The normalized spacial score (nSPS) is 12.9. The molecule has 2 aromatic rings. The third-order valence-corrected chi connectivity index (χ3v) is 2.70. The van der Waals surface area contributed by atoms with Crippen molar-refractivity contribution in [2.45, 2.75) is 25.8 Å². The maximum Gasteiger partial charge on any atom is 0.0346 e. The highest BCUT2D eigenvalue weighted by molar-refractivity contribution is 5.84. The summed E-state index contributed by atoms with van der Waals surface area (Å²) in [6, 6.07) is 8.37. The molecule has 0 spiro atoms. The number of hydrogen-bond acceptors (Lipinski definition) is 2. The zero-order valence-electron chi connectivity index (χ0n) is 8.98. The number of rotatable bonds is 3. The average Bonchev–Trinajstić information content (AvgIpc) is 2.28. The Morgan fingerprint density at radius 1 is 1.27 bits per heavy atom. The minimum Gasteiger partial charge on any atom is -0.324 e. The van der Waals surface area contributed by atoms with Gasteiger partial charge in [0.2, 0.25) is 0 Å². The van der Waals surface area contributed by atoms with Crippen molar-refractivity contribution in [3.05, 3.63) is 42.2 Å². The molecule has 1 atom stereocenters. The molecule has 2 rings (SSSR count). The molecule has 0 aliphatic heterocycles. The Labute approximate surface area is 90.1 Å². The van der Waals surface area contributed by atoms with Crippen LogP contribution in [0.15, 0.2) is 36.7 Å². The molecular formula is C13H16N2. The van der Waals surface area contributed by atoms with Gasteiger partial charge >= 0.3 is 0 Å². The lowest BCUT2D eigenvalue weighted by molar-refractivity contribution is 0.640. The van der Waals surface area contributed by atoms with Crippen LogP contribution in [0.5, 0.6) is 0 Å². The van der Waals surface area contributed by atoms with E-state index < -0.39 is 0 Å². The van der Waals surface area contributed by atoms with Crippen molar-refractivity contribution >= 4 is 10.8 Å². The van der Waals surface area contributed by atoms with Gasteiger partial charge in [-0.05, 0) is 17.4 Å². The lowest BCUT2D eigenvalue weighted by Crippen LogP contribution is -2.10. The predicted octanol–water partition coefficient (Wildman–Crippen LogP) is 3.03. The van der Waals surface area contributed by atoms with Gasteiger partial charge in [0.25, 0.3) is 0 Å². The van der Waals surface area contributed by atoms with Gasteiger partial charge in [0.05, 0.1) is 0 Å². The van der Waals surface area contributed by atoms with Crippen molar-refractivity contribution in [2.24, 2.45) is 5.73 Å². The first-order valence-electron chi connectivity index (χ1n) is 5.41. The highest BCUT2D eigenvalue weighted by Gasteiger charge is 2.08. The van der Waals surface area contributed by atoms with Crippen LogP contribution in [0.25, 0.3) is 10.8 Å². The van der Waals surface area contributed by atoms with E-state index in [1.165, 1.54) is 10.8 Å². The second kappa shape index (κ2) is 4.41. The zero-order valence-corrected chi connectivity index (χ0v) is 8.98. The third-order valence-electron chi connectivity index (χ3n) is 2.70. The van der Waals surface area contributed by atoms with Crippen molar-refractivity contribution in [2.75, 3.05) is 0 Å². The number of aromatic nitrogens is 1. The predicted molar refractivity (Wildman–Crippen MR) is 63.6 cm³/mol. The summed E-state index contributed by atoms with van der Waals surface area (Å²) >= 11 is 0. The first kappa shape index (κ1) is 10.1. The van der Waals surface area contributed by atoms with Gasteiger partial charge in [0.1, 0.15) is 0 Å². The molecule has 0 radical (unpaired) electrons. The van der Waals surface area contributed by atoms with E-state index in [2.05, 4.69) is 24.0 Å². The van der Waals surface area contributed by atoms with Crippen LogP contribution in [0.4, 0.5) is 0 Å². The molecule has 2 N–H and O–H groups in total. The van der Waals surface area contributed by atoms with Gasteiger partial charge in [-0.3, -0.25) is 4.98 Å². The zero-order chi connectivity index (χ0) is 10.7. The Bertz CT molecular complexity index is 446. The summed E-state index contributed by atoms with van der Waals surface area (Å²) in [6.07, 6.45) is 5.89. The maximum absolute atomic E-state index is 6.13. The largest absolute Gasteiger partial charge is 0.324 e. The summed E-state index contributed by atoms with van der Waals surface area (Å²) in [7, 11) is 0. The van der Waals surface area contributed by atoms with Crippen LogP contribution in [0.3, 0.4) is 0 Å². The SMILES string of the molecule is CCCC(N)c1cncc2ccccc12. The first-order valence-corrected chi connectivity index (χ1v) is 5.41. The van der Waals surface area contributed by atoms with Crippen LogP contribution in [0.1, 0.15) is 31.4 Å². The molecule has 15 heavy (non-hydrogen) atoms. The molecule has 1 aromatic heterocycles. The molecule has 0 saturated carbocycles. The average molecular weight is 200 g/mol.